The van der Waals surface area contributed by atoms with E-state index in [1.165, 1.54) is 0 Å². The summed E-state index contributed by atoms with van der Waals surface area (Å²) in [6, 6.07) is 16.3. The highest BCUT2D eigenvalue weighted by Gasteiger charge is 2.09. The van der Waals surface area contributed by atoms with Gasteiger partial charge in [0.15, 0.2) is 0 Å². The van der Waals surface area contributed by atoms with Crippen molar-refractivity contribution in [2.45, 2.75) is 6.10 Å². The number of hydrogen-bond acceptors (Lipinski definition) is 6. The highest BCUT2D eigenvalue weighted by atomic mass is 16.5. The van der Waals surface area contributed by atoms with Crippen molar-refractivity contribution in [1.29, 1.82) is 5.26 Å². The second kappa shape index (κ2) is 10.3. The monoisotopic (exact) mass is 356 g/mol. The lowest BCUT2D eigenvalue weighted by Crippen LogP contribution is -2.35. The zero-order chi connectivity index (χ0) is 18.8. The van der Waals surface area contributed by atoms with Gasteiger partial charge in [-0.15, -0.1) is 0 Å². The van der Waals surface area contributed by atoms with Crippen LogP contribution < -0.4 is 14.2 Å². The molecule has 1 N–H and O–H groups in total. The predicted octanol–water partition coefficient (Wildman–Crippen LogP) is 2.32. The normalized spacial score (nSPS) is 11.7. The average Bonchev–Trinajstić information content (AvgIpc) is 2.67. The van der Waals surface area contributed by atoms with E-state index in [0.717, 1.165) is 11.5 Å². The van der Waals surface area contributed by atoms with Crippen molar-refractivity contribution in [3.05, 3.63) is 54.1 Å². The maximum atomic E-state index is 10.1. The number of nitriles is 1. The molecule has 6 heteroatoms. The van der Waals surface area contributed by atoms with Crippen molar-refractivity contribution in [1.82, 2.24) is 4.90 Å². The minimum atomic E-state index is -0.614. The van der Waals surface area contributed by atoms with Crippen molar-refractivity contribution >= 4 is 0 Å². The number of likely N-dealkylation sites (N-methyl/N-ethyl adjacent to an activating group) is 1. The number of aliphatic hydroxyl groups is 1. The molecule has 0 aliphatic rings. The summed E-state index contributed by atoms with van der Waals surface area (Å²) in [6.07, 6.45) is -0.614. The van der Waals surface area contributed by atoms with Gasteiger partial charge in [-0.2, -0.15) is 5.26 Å². The second-order valence-electron chi connectivity index (χ2n) is 5.89. The number of aliphatic hydroxyl groups excluding tert-OH is 1. The van der Waals surface area contributed by atoms with Gasteiger partial charge in [0.05, 0.1) is 18.7 Å². The molecule has 6 nitrogen and oxygen atoms in total. The van der Waals surface area contributed by atoms with Crippen LogP contribution in [0.2, 0.25) is 0 Å². The lowest BCUT2D eigenvalue weighted by molar-refractivity contribution is 0.0723. The first-order valence-electron chi connectivity index (χ1n) is 8.37. The molecule has 0 unspecified atom stereocenters. The lowest BCUT2D eigenvalue weighted by atomic mass is 10.2. The van der Waals surface area contributed by atoms with Crippen molar-refractivity contribution in [3.8, 4) is 23.3 Å². The van der Waals surface area contributed by atoms with Crippen LogP contribution in [0, 0.1) is 11.3 Å². The Kier molecular flexibility index (Phi) is 7.75. The maximum absolute atomic E-state index is 10.1. The van der Waals surface area contributed by atoms with Gasteiger partial charge >= 0.3 is 0 Å². The van der Waals surface area contributed by atoms with Crippen LogP contribution in [0.5, 0.6) is 17.2 Å². The van der Waals surface area contributed by atoms with Crippen LogP contribution in [0.1, 0.15) is 5.56 Å². The average molecular weight is 356 g/mol. The number of rotatable bonds is 10. The van der Waals surface area contributed by atoms with E-state index in [4.69, 9.17) is 19.5 Å². The Hall–Kier alpha value is -2.75. The third-order valence-corrected chi connectivity index (χ3v) is 3.75. The molecule has 0 amide bonds. The summed E-state index contributed by atoms with van der Waals surface area (Å²) in [5, 5.41) is 18.8. The summed E-state index contributed by atoms with van der Waals surface area (Å²) in [5.74, 6) is 2.21. The van der Waals surface area contributed by atoms with E-state index in [1.54, 1.807) is 31.4 Å². The SMILES string of the molecule is COc1ccc(OCCN(C)C[C@H](O)COc2ccc(C#N)cc2)cc1. The lowest BCUT2D eigenvalue weighted by Gasteiger charge is -2.21. The summed E-state index contributed by atoms with van der Waals surface area (Å²) in [4.78, 5) is 1.98. The quantitative estimate of drug-likeness (QED) is 0.704. The van der Waals surface area contributed by atoms with Gasteiger partial charge in [0.25, 0.3) is 0 Å². The Morgan fingerprint density at radius 3 is 2.19 bits per heavy atom. The number of benzene rings is 2. The third kappa shape index (κ3) is 6.63. The smallest absolute Gasteiger partial charge is 0.119 e. The standard InChI is InChI=1S/C20H24N2O4/c1-22(11-12-25-19-9-7-18(24-2)8-10-19)14-17(23)15-26-20-5-3-16(13-21)4-6-20/h3-10,17,23H,11-12,14-15H2,1-2H3/t17-/m0/s1. The minimum Gasteiger partial charge on any atom is -0.497 e. The first-order chi connectivity index (χ1) is 12.6. The molecule has 0 aromatic heterocycles. The van der Waals surface area contributed by atoms with E-state index in [-0.39, 0.29) is 6.61 Å². The minimum absolute atomic E-state index is 0.190. The fourth-order valence-corrected chi connectivity index (χ4v) is 2.31. The topological polar surface area (TPSA) is 75.0 Å². The van der Waals surface area contributed by atoms with Gasteiger partial charge in [-0.05, 0) is 55.6 Å². The molecule has 2 rings (SSSR count). The van der Waals surface area contributed by atoms with Gasteiger partial charge in [0.2, 0.25) is 0 Å². The van der Waals surface area contributed by atoms with Crippen LogP contribution in [0.25, 0.3) is 0 Å². The molecule has 0 bridgehead atoms. The maximum Gasteiger partial charge on any atom is 0.119 e. The highest BCUT2D eigenvalue weighted by molar-refractivity contribution is 5.34. The molecule has 138 valence electrons. The summed E-state index contributed by atoms with van der Waals surface area (Å²) in [6.45, 7) is 1.86. The van der Waals surface area contributed by atoms with Gasteiger partial charge in [0.1, 0.15) is 36.6 Å². The largest absolute Gasteiger partial charge is 0.497 e. The molecule has 0 radical (unpaired) electrons. The number of ether oxygens (including phenoxy) is 3. The Morgan fingerprint density at radius 2 is 1.58 bits per heavy atom. The molecule has 0 spiro atoms. The number of hydrogen-bond donors (Lipinski definition) is 1. The van der Waals surface area contributed by atoms with Crippen LogP contribution >= 0.6 is 0 Å². The van der Waals surface area contributed by atoms with Gasteiger partial charge in [0, 0.05) is 13.1 Å². The molecule has 0 heterocycles. The van der Waals surface area contributed by atoms with Crippen molar-refractivity contribution in [3.63, 3.8) is 0 Å². The van der Waals surface area contributed by atoms with E-state index < -0.39 is 6.10 Å². The zero-order valence-electron chi connectivity index (χ0n) is 15.1. The fourth-order valence-electron chi connectivity index (χ4n) is 2.31. The molecule has 0 aliphatic heterocycles. The van der Waals surface area contributed by atoms with Crippen LogP contribution in [0.15, 0.2) is 48.5 Å². The van der Waals surface area contributed by atoms with Gasteiger partial charge < -0.3 is 24.2 Å². The molecule has 0 saturated carbocycles. The molecule has 0 fully saturated rings. The van der Waals surface area contributed by atoms with Crippen molar-refractivity contribution < 1.29 is 19.3 Å². The Bertz CT molecular complexity index is 695. The zero-order valence-corrected chi connectivity index (χ0v) is 15.1. The molecule has 26 heavy (non-hydrogen) atoms. The number of methoxy groups -OCH3 is 1. The van der Waals surface area contributed by atoms with E-state index in [2.05, 4.69) is 6.07 Å². The van der Waals surface area contributed by atoms with Crippen LogP contribution in [-0.2, 0) is 0 Å². The summed E-state index contributed by atoms with van der Waals surface area (Å²) in [5.41, 5.74) is 0.578. The molecule has 2 aromatic carbocycles. The Balaban J connectivity index is 1.64. The molecule has 2 aromatic rings. The molecule has 1 atom stereocenters. The van der Waals surface area contributed by atoms with Gasteiger partial charge in [-0.1, -0.05) is 0 Å². The molecule has 0 saturated heterocycles. The van der Waals surface area contributed by atoms with E-state index in [9.17, 15) is 5.11 Å². The predicted molar refractivity (Wildman–Crippen MR) is 98.6 cm³/mol. The first-order valence-corrected chi connectivity index (χ1v) is 8.37. The highest BCUT2D eigenvalue weighted by Crippen LogP contribution is 2.17. The molecular weight excluding hydrogens is 332 g/mol. The van der Waals surface area contributed by atoms with E-state index in [0.29, 0.717) is 31.0 Å². The van der Waals surface area contributed by atoms with E-state index in [1.807, 2.05) is 36.2 Å². The van der Waals surface area contributed by atoms with Gasteiger partial charge in [-0.25, -0.2) is 0 Å². The third-order valence-electron chi connectivity index (χ3n) is 3.75. The van der Waals surface area contributed by atoms with Crippen LogP contribution in [0.3, 0.4) is 0 Å². The van der Waals surface area contributed by atoms with Crippen molar-refractivity contribution in [2.75, 3.05) is 40.5 Å². The fraction of sp³-hybridized carbons (Fsp3) is 0.350. The van der Waals surface area contributed by atoms with Crippen LogP contribution in [-0.4, -0.2) is 56.6 Å². The van der Waals surface area contributed by atoms with Crippen molar-refractivity contribution in [2.24, 2.45) is 0 Å². The number of nitrogens with zero attached hydrogens (tertiary/aromatic N) is 2. The Morgan fingerprint density at radius 1 is 1.00 bits per heavy atom. The second-order valence-corrected chi connectivity index (χ2v) is 5.89. The summed E-state index contributed by atoms with van der Waals surface area (Å²) < 4.78 is 16.3. The summed E-state index contributed by atoms with van der Waals surface area (Å²) >= 11 is 0. The van der Waals surface area contributed by atoms with E-state index >= 15 is 0 Å². The summed E-state index contributed by atoms with van der Waals surface area (Å²) in [7, 11) is 3.55. The van der Waals surface area contributed by atoms with Gasteiger partial charge in [-0.3, -0.25) is 0 Å². The first kappa shape index (κ1) is 19.6. The van der Waals surface area contributed by atoms with Crippen LogP contribution in [0.4, 0.5) is 0 Å². The Labute approximate surface area is 154 Å². The molecule has 0 aliphatic carbocycles. The molecular formula is C20H24N2O4.